The zero-order valence-electron chi connectivity index (χ0n) is 10.6. The van der Waals surface area contributed by atoms with Gasteiger partial charge in [-0.05, 0) is 32.0 Å². The summed E-state index contributed by atoms with van der Waals surface area (Å²) in [5.74, 6) is 0.565. The van der Waals surface area contributed by atoms with Crippen molar-refractivity contribution in [1.82, 2.24) is 5.32 Å². The third-order valence-corrected chi connectivity index (χ3v) is 2.75. The molecule has 4 nitrogen and oxygen atoms in total. The average Bonchev–Trinajstić information content (AvgIpc) is 2.35. The first-order valence-electron chi connectivity index (χ1n) is 5.92. The van der Waals surface area contributed by atoms with Crippen molar-refractivity contribution in [2.75, 3.05) is 19.8 Å². The number of rotatable bonds is 7. The molecule has 5 heteroatoms. The molecular weight excluding hydrogens is 298 g/mol. The fourth-order valence-corrected chi connectivity index (χ4v) is 1.73. The Balaban J connectivity index is 2.20. The number of ether oxygens (including phenoxy) is 2. The van der Waals surface area contributed by atoms with E-state index < -0.39 is 0 Å². The summed E-state index contributed by atoms with van der Waals surface area (Å²) >= 11 is 3.37. The fourth-order valence-electron chi connectivity index (χ4n) is 1.35. The molecule has 0 bridgehead atoms. The molecule has 0 heterocycles. The van der Waals surface area contributed by atoms with Gasteiger partial charge in [0.1, 0.15) is 18.4 Å². The Bertz CT molecular complexity index is 384. The maximum absolute atomic E-state index is 11.3. The van der Waals surface area contributed by atoms with E-state index in [1.54, 1.807) is 13.8 Å². The quantitative estimate of drug-likeness (QED) is 0.620. The summed E-state index contributed by atoms with van der Waals surface area (Å²) in [7, 11) is 0. The van der Waals surface area contributed by atoms with Gasteiger partial charge in [0.05, 0.1) is 6.61 Å². The lowest BCUT2D eigenvalue weighted by Gasteiger charge is -2.13. The molecule has 0 fully saturated rings. The number of esters is 1. The second-order valence-corrected chi connectivity index (χ2v) is 4.65. The van der Waals surface area contributed by atoms with Crippen LogP contribution in [0.5, 0.6) is 5.75 Å². The van der Waals surface area contributed by atoms with Gasteiger partial charge in [0.2, 0.25) is 0 Å². The van der Waals surface area contributed by atoms with E-state index in [4.69, 9.17) is 9.47 Å². The van der Waals surface area contributed by atoms with E-state index in [0.717, 1.165) is 10.2 Å². The van der Waals surface area contributed by atoms with Gasteiger partial charge in [-0.2, -0.15) is 0 Å². The highest BCUT2D eigenvalue weighted by molar-refractivity contribution is 9.10. The van der Waals surface area contributed by atoms with Crippen LogP contribution in [0.25, 0.3) is 0 Å². The predicted octanol–water partition coefficient (Wildman–Crippen LogP) is 2.37. The van der Waals surface area contributed by atoms with E-state index in [0.29, 0.717) is 19.8 Å². The molecule has 0 aliphatic rings. The van der Waals surface area contributed by atoms with Crippen molar-refractivity contribution in [3.8, 4) is 5.75 Å². The minimum atomic E-state index is -0.309. The number of nitrogens with one attached hydrogen (secondary N) is 1. The highest BCUT2D eigenvalue weighted by Gasteiger charge is 2.12. The molecule has 0 radical (unpaired) electrons. The van der Waals surface area contributed by atoms with Crippen LogP contribution in [0.3, 0.4) is 0 Å². The van der Waals surface area contributed by atoms with Crippen LogP contribution in [0.1, 0.15) is 13.8 Å². The van der Waals surface area contributed by atoms with Crippen LogP contribution in [0.15, 0.2) is 28.7 Å². The van der Waals surface area contributed by atoms with Crippen LogP contribution < -0.4 is 10.1 Å². The molecule has 18 heavy (non-hydrogen) atoms. The van der Waals surface area contributed by atoms with Gasteiger partial charge in [0, 0.05) is 11.0 Å². The second-order valence-electron chi connectivity index (χ2n) is 3.73. The number of carbonyl (C=O) groups excluding carboxylic acids is 1. The van der Waals surface area contributed by atoms with Gasteiger partial charge in [0.25, 0.3) is 0 Å². The number of hydrogen-bond donors (Lipinski definition) is 1. The molecule has 0 spiro atoms. The van der Waals surface area contributed by atoms with Crippen molar-refractivity contribution < 1.29 is 14.3 Å². The molecule has 0 amide bonds. The van der Waals surface area contributed by atoms with Gasteiger partial charge in [-0.25, -0.2) is 0 Å². The van der Waals surface area contributed by atoms with Gasteiger partial charge >= 0.3 is 5.97 Å². The Morgan fingerprint density at radius 1 is 1.50 bits per heavy atom. The van der Waals surface area contributed by atoms with Crippen molar-refractivity contribution in [1.29, 1.82) is 0 Å². The molecule has 0 saturated carbocycles. The van der Waals surface area contributed by atoms with Crippen molar-refractivity contribution in [2.45, 2.75) is 19.9 Å². The lowest BCUT2D eigenvalue weighted by Crippen LogP contribution is -2.37. The Kier molecular flexibility index (Phi) is 6.75. The first-order valence-corrected chi connectivity index (χ1v) is 6.71. The van der Waals surface area contributed by atoms with Crippen molar-refractivity contribution in [3.63, 3.8) is 0 Å². The van der Waals surface area contributed by atoms with E-state index in [2.05, 4.69) is 21.2 Å². The topological polar surface area (TPSA) is 47.6 Å². The summed E-state index contributed by atoms with van der Waals surface area (Å²) in [6, 6.07) is 7.33. The first-order chi connectivity index (χ1) is 8.63. The molecule has 0 aromatic heterocycles. The molecule has 1 rings (SSSR count). The second kappa shape index (κ2) is 8.11. The standard InChI is InChI=1S/C13H18BrNO3/c1-3-17-13(16)10(2)15-7-8-18-12-6-4-5-11(14)9-12/h4-6,9-10,15H,3,7-8H2,1-2H3. The number of carbonyl (C=O) groups is 1. The normalized spacial score (nSPS) is 11.9. The molecule has 0 aliphatic heterocycles. The minimum absolute atomic E-state index is 0.236. The molecule has 1 atom stereocenters. The van der Waals surface area contributed by atoms with E-state index in [1.165, 1.54) is 0 Å². The van der Waals surface area contributed by atoms with Gasteiger partial charge in [-0.3, -0.25) is 4.79 Å². The van der Waals surface area contributed by atoms with Crippen LogP contribution in [0, 0.1) is 0 Å². The number of hydrogen-bond acceptors (Lipinski definition) is 4. The molecule has 100 valence electrons. The maximum atomic E-state index is 11.3. The smallest absolute Gasteiger partial charge is 0.322 e. The molecule has 0 saturated heterocycles. The Hall–Kier alpha value is -1.07. The fraction of sp³-hybridized carbons (Fsp3) is 0.462. The van der Waals surface area contributed by atoms with Gasteiger partial charge in [0.15, 0.2) is 0 Å². The zero-order chi connectivity index (χ0) is 13.4. The molecule has 1 aromatic rings. The van der Waals surface area contributed by atoms with E-state index in [-0.39, 0.29) is 12.0 Å². The lowest BCUT2D eigenvalue weighted by atomic mass is 10.3. The van der Waals surface area contributed by atoms with Gasteiger partial charge < -0.3 is 14.8 Å². The van der Waals surface area contributed by atoms with E-state index >= 15 is 0 Å². The van der Waals surface area contributed by atoms with Crippen LogP contribution in [0.4, 0.5) is 0 Å². The molecule has 1 aromatic carbocycles. The summed E-state index contributed by atoms with van der Waals surface area (Å²) in [5, 5.41) is 3.04. The maximum Gasteiger partial charge on any atom is 0.322 e. The summed E-state index contributed by atoms with van der Waals surface area (Å²) < 4.78 is 11.4. The summed E-state index contributed by atoms with van der Waals surface area (Å²) in [4.78, 5) is 11.3. The predicted molar refractivity (Wildman–Crippen MR) is 73.7 cm³/mol. The Morgan fingerprint density at radius 2 is 2.28 bits per heavy atom. The first kappa shape index (κ1) is 15.0. The highest BCUT2D eigenvalue weighted by atomic mass is 79.9. The van der Waals surface area contributed by atoms with Crippen LogP contribution in [-0.4, -0.2) is 31.8 Å². The van der Waals surface area contributed by atoms with Crippen LogP contribution in [-0.2, 0) is 9.53 Å². The molecule has 1 unspecified atom stereocenters. The lowest BCUT2D eigenvalue weighted by molar-refractivity contribution is -0.145. The summed E-state index contributed by atoms with van der Waals surface area (Å²) in [5.41, 5.74) is 0. The van der Waals surface area contributed by atoms with Gasteiger partial charge in [-0.1, -0.05) is 22.0 Å². The summed E-state index contributed by atoms with van der Waals surface area (Å²) in [6.07, 6.45) is 0. The average molecular weight is 316 g/mol. The zero-order valence-corrected chi connectivity index (χ0v) is 12.2. The van der Waals surface area contributed by atoms with Gasteiger partial charge in [-0.15, -0.1) is 0 Å². The largest absolute Gasteiger partial charge is 0.492 e. The molecular formula is C13H18BrNO3. The third-order valence-electron chi connectivity index (χ3n) is 2.26. The van der Waals surface area contributed by atoms with Crippen molar-refractivity contribution in [3.05, 3.63) is 28.7 Å². The Morgan fingerprint density at radius 3 is 2.94 bits per heavy atom. The van der Waals surface area contributed by atoms with E-state index in [9.17, 15) is 4.79 Å². The molecule has 0 aliphatic carbocycles. The minimum Gasteiger partial charge on any atom is -0.492 e. The van der Waals surface area contributed by atoms with Crippen LogP contribution >= 0.6 is 15.9 Å². The Labute approximate surface area is 116 Å². The van der Waals surface area contributed by atoms with Crippen molar-refractivity contribution in [2.24, 2.45) is 0 Å². The van der Waals surface area contributed by atoms with Crippen LogP contribution in [0.2, 0.25) is 0 Å². The van der Waals surface area contributed by atoms with E-state index in [1.807, 2.05) is 24.3 Å². The monoisotopic (exact) mass is 315 g/mol. The SMILES string of the molecule is CCOC(=O)C(C)NCCOc1cccc(Br)c1. The third kappa shape index (κ3) is 5.51. The number of halogens is 1. The van der Waals surface area contributed by atoms with Crippen molar-refractivity contribution >= 4 is 21.9 Å². The molecule has 1 N–H and O–H groups in total. The highest BCUT2D eigenvalue weighted by Crippen LogP contribution is 2.17. The number of benzene rings is 1. The summed E-state index contributed by atoms with van der Waals surface area (Å²) in [6.45, 7) is 5.06.